The van der Waals surface area contributed by atoms with Crippen LogP contribution in [0.15, 0.2) is 54.6 Å². The summed E-state index contributed by atoms with van der Waals surface area (Å²) in [4.78, 5) is 0. The second-order valence-electron chi connectivity index (χ2n) is 4.64. The van der Waals surface area contributed by atoms with Gasteiger partial charge in [-0.3, -0.25) is 0 Å². The molecule has 1 radical (unpaired) electrons. The highest BCUT2D eigenvalue weighted by molar-refractivity contribution is 6.35. The molecule has 0 N–H and O–H groups in total. The predicted octanol–water partition coefficient (Wildman–Crippen LogP) is 5.22. The lowest BCUT2D eigenvalue weighted by Crippen LogP contribution is -2.00. The van der Waals surface area contributed by atoms with E-state index in [9.17, 15) is 0 Å². The first kappa shape index (κ1) is 14.2. The molecule has 2 nitrogen and oxygen atoms in total. The second-order valence-corrected chi connectivity index (χ2v) is 5.49. The number of hydrogen-bond donors (Lipinski definition) is 0. The summed E-state index contributed by atoms with van der Waals surface area (Å²) in [5.41, 5.74) is 3.79. The van der Waals surface area contributed by atoms with E-state index in [2.05, 4.69) is 12.0 Å². The molecule has 0 amide bonds. The molecule has 0 aliphatic heterocycles. The summed E-state index contributed by atoms with van der Waals surface area (Å²) in [5, 5.41) is 5.77. The van der Waals surface area contributed by atoms with Gasteiger partial charge in [0.1, 0.15) is 0 Å². The molecule has 0 saturated heterocycles. The highest BCUT2D eigenvalue weighted by Gasteiger charge is 2.13. The van der Waals surface area contributed by atoms with E-state index in [1.54, 1.807) is 6.07 Å². The fourth-order valence-corrected chi connectivity index (χ4v) is 2.69. The van der Waals surface area contributed by atoms with E-state index in [1.807, 2.05) is 53.2 Å². The highest BCUT2D eigenvalue weighted by Crippen LogP contribution is 2.29. The van der Waals surface area contributed by atoms with Crippen LogP contribution in [-0.2, 0) is 6.42 Å². The molecule has 0 spiro atoms. The normalized spacial score (nSPS) is 10.8. The van der Waals surface area contributed by atoms with Gasteiger partial charge in [-0.25, -0.2) is 4.68 Å². The summed E-state index contributed by atoms with van der Waals surface area (Å²) in [6.45, 7) is 3.90. The van der Waals surface area contributed by atoms with Crippen LogP contribution in [0.5, 0.6) is 0 Å². The number of nitrogens with zero attached hydrogens (tertiary/aromatic N) is 2. The summed E-state index contributed by atoms with van der Waals surface area (Å²) in [6, 6.07) is 17.5. The van der Waals surface area contributed by atoms with Gasteiger partial charge in [-0.05, 0) is 37.6 Å². The quantitative estimate of drug-likeness (QED) is 0.647. The van der Waals surface area contributed by atoms with Crippen LogP contribution >= 0.6 is 23.2 Å². The van der Waals surface area contributed by atoms with Gasteiger partial charge in [0.15, 0.2) is 0 Å². The van der Waals surface area contributed by atoms with Gasteiger partial charge < -0.3 is 0 Å². The van der Waals surface area contributed by atoms with E-state index in [0.717, 1.165) is 22.6 Å². The third-order valence-electron chi connectivity index (χ3n) is 3.22. The molecule has 3 rings (SSSR count). The van der Waals surface area contributed by atoms with Crippen molar-refractivity contribution in [2.45, 2.75) is 6.42 Å². The van der Waals surface area contributed by atoms with E-state index >= 15 is 0 Å². The summed E-state index contributed by atoms with van der Waals surface area (Å²) >= 11 is 12.3. The molecule has 0 unspecified atom stereocenters. The molecule has 2 aromatic carbocycles. The van der Waals surface area contributed by atoms with Gasteiger partial charge in [-0.2, -0.15) is 5.10 Å². The summed E-state index contributed by atoms with van der Waals surface area (Å²) < 4.78 is 1.84. The number of halogens is 2. The Labute approximate surface area is 133 Å². The molecule has 0 saturated carbocycles. The number of hydrogen-bond acceptors (Lipinski definition) is 1. The zero-order chi connectivity index (χ0) is 14.8. The molecule has 1 heterocycles. The molecule has 3 aromatic rings. The van der Waals surface area contributed by atoms with Crippen LogP contribution in [-0.4, -0.2) is 9.78 Å². The summed E-state index contributed by atoms with van der Waals surface area (Å²) in [7, 11) is 0. The number of benzene rings is 2. The van der Waals surface area contributed by atoms with Crippen molar-refractivity contribution in [1.29, 1.82) is 0 Å². The Balaban J connectivity index is 2.20. The molecule has 0 bridgehead atoms. The lowest BCUT2D eigenvalue weighted by Gasteiger charge is -2.09. The van der Waals surface area contributed by atoms with Crippen molar-refractivity contribution < 1.29 is 0 Å². The average molecular weight is 316 g/mol. The van der Waals surface area contributed by atoms with E-state index in [-0.39, 0.29) is 0 Å². The number of aromatic nitrogens is 2. The van der Waals surface area contributed by atoms with Crippen LogP contribution in [0, 0.1) is 6.92 Å². The Morgan fingerprint density at radius 2 is 1.76 bits per heavy atom. The molecule has 0 aliphatic carbocycles. The van der Waals surface area contributed by atoms with Crippen molar-refractivity contribution in [2.75, 3.05) is 0 Å². The molecule has 105 valence electrons. The van der Waals surface area contributed by atoms with Crippen LogP contribution in [0.4, 0.5) is 0 Å². The molecule has 1 aromatic heterocycles. The van der Waals surface area contributed by atoms with Crippen molar-refractivity contribution in [2.24, 2.45) is 0 Å². The lowest BCUT2D eigenvalue weighted by atomic mass is 10.1. The minimum atomic E-state index is 0.568. The minimum Gasteiger partial charge on any atom is -0.231 e. The Bertz CT molecular complexity index is 764. The smallest absolute Gasteiger partial charge is 0.0840 e. The van der Waals surface area contributed by atoms with Gasteiger partial charge in [0.05, 0.1) is 22.1 Å². The van der Waals surface area contributed by atoms with Gasteiger partial charge in [0, 0.05) is 10.6 Å². The van der Waals surface area contributed by atoms with Crippen LogP contribution in [0.2, 0.25) is 10.0 Å². The van der Waals surface area contributed by atoms with Crippen LogP contribution < -0.4 is 0 Å². The second kappa shape index (κ2) is 5.92. The zero-order valence-corrected chi connectivity index (χ0v) is 12.8. The van der Waals surface area contributed by atoms with Gasteiger partial charge in [0.2, 0.25) is 0 Å². The van der Waals surface area contributed by atoms with Crippen molar-refractivity contribution in [1.82, 2.24) is 9.78 Å². The fourth-order valence-electron chi connectivity index (χ4n) is 2.20. The first-order valence-corrected chi connectivity index (χ1v) is 7.33. The van der Waals surface area contributed by atoms with E-state index in [0.29, 0.717) is 16.5 Å². The largest absolute Gasteiger partial charge is 0.231 e. The topological polar surface area (TPSA) is 17.8 Å². The number of rotatable bonds is 3. The maximum atomic E-state index is 6.32. The average Bonchev–Trinajstić information content (AvgIpc) is 2.92. The summed E-state index contributed by atoms with van der Waals surface area (Å²) in [6.07, 6.45) is 0.623. The first-order chi connectivity index (χ1) is 10.2. The summed E-state index contributed by atoms with van der Waals surface area (Å²) in [5.74, 6) is 0. The third kappa shape index (κ3) is 2.82. The third-order valence-corrected chi connectivity index (χ3v) is 3.76. The van der Waals surface area contributed by atoms with Crippen molar-refractivity contribution in [3.8, 4) is 16.9 Å². The maximum absolute atomic E-state index is 6.32. The van der Waals surface area contributed by atoms with Gasteiger partial charge in [0.25, 0.3) is 0 Å². The van der Waals surface area contributed by atoms with Crippen molar-refractivity contribution in [3.05, 3.63) is 77.3 Å². The molecule has 21 heavy (non-hydrogen) atoms. The fraction of sp³-hybridized carbons (Fsp3) is 0.0588. The first-order valence-electron chi connectivity index (χ1n) is 6.58. The Morgan fingerprint density at radius 3 is 2.43 bits per heavy atom. The lowest BCUT2D eigenvalue weighted by molar-refractivity contribution is 0.857. The highest BCUT2D eigenvalue weighted by atomic mass is 35.5. The predicted molar refractivity (Wildman–Crippen MR) is 88.1 cm³/mol. The molecular formula is C17H13Cl2N2. The van der Waals surface area contributed by atoms with Gasteiger partial charge in [-0.1, -0.05) is 53.5 Å². The molecule has 4 heteroatoms. The zero-order valence-electron chi connectivity index (χ0n) is 11.3. The van der Waals surface area contributed by atoms with E-state index < -0.39 is 0 Å². The standard InChI is InChI=1S/C17H13Cl2N2/c1-2-14-11-17(12-6-4-3-5-7-12)21(20-14)16-9-8-13(18)10-15(16)19/h3-11H,1-2H2. The molecule has 0 atom stereocenters. The SMILES string of the molecule is [CH2]Cc1cc(-c2ccccc2)n(-c2ccc(Cl)cc2Cl)n1. The van der Waals surface area contributed by atoms with Crippen LogP contribution in [0.1, 0.15) is 5.69 Å². The van der Waals surface area contributed by atoms with Crippen LogP contribution in [0.25, 0.3) is 16.9 Å². The molecule has 0 fully saturated rings. The maximum Gasteiger partial charge on any atom is 0.0840 e. The van der Waals surface area contributed by atoms with Gasteiger partial charge in [-0.15, -0.1) is 0 Å². The molecule has 0 aliphatic rings. The van der Waals surface area contributed by atoms with E-state index in [1.165, 1.54) is 0 Å². The van der Waals surface area contributed by atoms with Crippen molar-refractivity contribution >= 4 is 23.2 Å². The monoisotopic (exact) mass is 315 g/mol. The Morgan fingerprint density at radius 1 is 1.00 bits per heavy atom. The molecular weight excluding hydrogens is 303 g/mol. The van der Waals surface area contributed by atoms with E-state index in [4.69, 9.17) is 23.2 Å². The van der Waals surface area contributed by atoms with Crippen molar-refractivity contribution in [3.63, 3.8) is 0 Å². The van der Waals surface area contributed by atoms with Crippen LogP contribution in [0.3, 0.4) is 0 Å². The Kier molecular flexibility index (Phi) is 4.00. The van der Waals surface area contributed by atoms with Gasteiger partial charge >= 0.3 is 0 Å². The Hall–Kier alpha value is -1.77. The minimum absolute atomic E-state index is 0.568.